The number of benzene rings is 3. The Morgan fingerprint density at radius 1 is 1.00 bits per heavy atom. The summed E-state index contributed by atoms with van der Waals surface area (Å²) in [5.74, 6) is 0.464. The number of ether oxygens (including phenoxy) is 2. The third-order valence-electron chi connectivity index (χ3n) is 5.99. The van der Waals surface area contributed by atoms with Gasteiger partial charge in [0.1, 0.15) is 35.6 Å². The molecule has 3 aromatic carbocycles. The molecule has 0 saturated heterocycles. The monoisotopic (exact) mass is 509 g/mol. The Morgan fingerprint density at radius 3 is 2.47 bits per heavy atom. The number of aryl methyl sites for hydroxylation is 1. The number of anilines is 1. The van der Waals surface area contributed by atoms with Gasteiger partial charge < -0.3 is 19.4 Å². The highest BCUT2D eigenvalue weighted by Crippen LogP contribution is 2.25. The molecule has 0 aliphatic carbocycles. The highest BCUT2D eigenvalue weighted by atomic mass is 19.1. The lowest BCUT2D eigenvalue weighted by Gasteiger charge is -2.12. The van der Waals surface area contributed by atoms with E-state index >= 15 is 0 Å². The maximum atomic E-state index is 13.9. The minimum absolute atomic E-state index is 0.0102. The van der Waals surface area contributed by atoms with E-state index in [0.717, 1.165) is 22.6 Å². The van der Waals surface area contributed by atoms with Gasteiger partial charge in [0.15, 0.2) is 0 Å². The molecule has 1 amide bonds. The molecular weight excluding hydrogens is 481 g/mol. The molecule has 4 aromatic rings. The third-order valence-corrected chi connectivity index (χ3v) is 5.99. The normalized spacial score (nSPS) is 11.1. The molecule has 0 saturated carbocycles. The van der Waals surface area contributed by atoms with Crippen molar-refractivity contribution in [3.8, 4) is 23.3 Å². The maximum absolute atomic E-state index is 13.9. The van der Waals surface area contributed by atoms with Crippen LogP contribution in [0.5, 0.6) is 11.5 Å². The number of nitriles is 1. The maximum Gasteiger partial charge on any atom is 0.266 e. The molecule has 0 aliphatic heterocycles. The molecule has 1 N–H and O–H groups in total. The van der Waals surface area contributed by atoms with Crippen LogP contribution in [0.3, 0.4) is 0 Å². The lowest BCUT2D eigenvalue weighted by atomic mass is 10.1. The van der Waals surface area contributed by atoms with Crippen molar-refractivity contribution in [2.45, 2.75) is 27.4 Å². The predicted octanol–water partition coefficient (Wildman–Crippen LogP) is 6.76. The number of amides is 1. The Morgan fingerprint density at radius 2 is 1.76 bits per heavy atom. The molecule has 0 bridgehead atoms. The zero-order valence-electron chi connectivity index (χ0n) is 21.5. The number of nitrogens with one attached hydrogen (secondary N) is 1. The first-order valence-corrected chi connectivity index (χ1v) is 12.2. The van der Waals surface area contributed by atoms with E-state index in [9.17, 15) is 14.4 Å². The quantitative estimate of drug-likeness (QED) is 0.200. The zero-order chi connectivity index (χ0) is 27.1. The average Bonchev–Trinajstić information content (AvgIpc) is 3.19. The first kappa shape index (κ1) is 26.2. The van der Waals surface area contributed by atoms with Crippen LogP contribution in [0, 0.1) is 31.0 Å². The van der Waals surface area contributed by atoms with E-state index < -0.39 is 5.91 Å². The number of carbonyl (C=O) groups is 1. The fourth-order valence-corrected chi connectivity index (χ4v) is 4.13. The van der Waals surface area contributed by atoms with Crippen LogP contribution in [0.15, 0.2) is 84.4 Å². The molecular formula is C31H28FN3O3. The van der Waals surface area contributed by atoms with E-state index in [1.807, 2.05) is 61.7 Å². The van der Waals surface area contributed by atoms with Crippen LogP contribution < -0.4 is 14.8 Å². The van der Waals surface area contributed by atoms with Crippen LogP contribution in [-0.4, -0.2) is 17.1 Å². The van der Waals surface area contributed by atoms with Crippen molar-refractivity contribution in [3.63, 3.8) is 0 Å². The van der Waals surface area contributed by atoms with Crippen LogP contribution in [0.2, 0.25) is 0 Å². The van der Waals surface area contributed by atoms with Gasteiger partial charge in [0.05, 0.1) is 6.61 Å². The van der Waals surface area contributed by atoms with Crippen molar-refractivity contribution in [1.82, 2.24) is 4.57 Å². The van der Waals surface area contributed by atoms with Gasteiger partial charge in [-0.15, -0.1) is 0 Å². The van der Waals surface area contributed by atoms with Gasteiger partial charge in [0.2, 0.25) is 0 Å². The standard InChI is InChI=1S/C31H28FN3O3/c1-4-37-29-10-7-9-26(18-29)34-31(36)25(19-33)17-24-16-21(2)35(22(24)3)27-12-14-28(15-13-27)38-20-23-8-5-6-11-30(23)32/h5-18H,4,20H2,1-3H3,(H,34,36)/b25-17-. The first-order chi connectivity index (χ1) is 18.4. The molecule has 7 heteroatoms. The van der Waals surface area contributed by atoms with Crippen molar-refractivity contribution >= 4 is 17.7 Å². The Hall–Kier alpha value is -4.83. The number of halogens is 1. The molecule has 6 nitrogen and oxygen atoms in total. The topological polar surface area (TPSA) is 76.3 Å². The number of hydrogen-bond acceptors (Lipinski definition) is 4. The molecule has 1 aromatic heterocycles. The van der Waals surface area contributed by atoms with Crippen molar-refractivity contribution in [2.75, 3.05) is 11.9 Å². The van der Waals surface area contributed by atoms with E-state index in [-0.39, 0.29) is 18.0 Å². The molecule has 0 radical (unpaired) electrons. The molecule has 0 fully saturated rings. The predicted molar refractivity (Wildman–Crippen MR) is 146 cm³/mol. The SMILES string of the molecule is CCOc1cccc(NC(=O)/C(C#N)=C\c2cc(C)n(-c3ccc(OCc4ccccc4F)cc3)c2C)c1. The fraction of sp³-hybridized carbons (Fsp3) is 0.161. The third kappa shape index (κ3) is 6.11. The van der Waals surface area contributed by atoms with Gasteiger partial charge in [-0.05, 0) is 80.9 Å². The Labute approximate surface area is 221 Å². The molecule has 192 valence electrons. The van der Waals surface area contributed by atoms with Crippen LogP contribution >= 0.6 is 0 Å². The van der Waals surface area contributed by atoms with Gasteiger partial charge in [-0.3, -0.25) is 4.79 Å². The summed E-state index contributed by atoms with van der Waals surface area (Å²) in [6.45, 7) is 6.42. The van der Waals surface area contributed by atoms with Gasteiger partial charge in [-0.1, -0.05) is 24.3 Å². The van der Waals surface area contributed by atoms with Crippen LogP contribution in [0.4, 0.5) is 10.1 Å². The molecule has 0 spiro atoms. The summed E-state index contributed by atoms with van der Waals surface area (Å²) >= 11 is 0. The first-order valence-electron chi connectivity index (χ1n) is 12.2. The second-order valence-electron chi connectivity index (χ2n) is 8.62. The van der Waals surface area contributed by atoms with Gasteiger partial charge in [0, 0.05) is 34.4 Å². The lowest BCUT2D eigenvalue weighted by Crippen LogP contribution is -2.13. The Balaban J connectivity index is 1.50. The number of carbonyl (C=O) groups excluding carboxylic acids is 1. The van der Waals surface area contributed by atoms with Gasteiger partial charge in [-0.2, -0.15) is 5.26 Å². The smallest absolute Gasteiger partial charge is 0.266 e. The van der Waals surface area contributed by atoms with Gasteiger partial charge in [0.25, 0.3) is 5.91 Å². The number of rotatable bonds is 9. The second kappa shape index (κ2) is 11.9. The van der Waals surface area contributed by atoms with Crippen molar-refractivity contribution < 1.29 is 18.7 Å². The fourth-order valence-electron chi connectivity index (χ4n) is 4.13. The molecule has 1 heterocycles. The van der Waals surface area contributed by atoms with Gasteiger partial charge in [-0.25, -0.2) is 4.39 Å². The zero-order valence-corrected chi connectivity index (χ0v) is 21.5. The number of aromatic nitrogens is 1. The second-order valence-corrected chi connectivity index (χ2v) is 8.62. The van der Waals surface area contributed by atoms with Crippen LogP contribution in [0.25, 0.3) is 11.8 Å². The van der Waals surface area contributed by atoms with E-state index in [2.05, 4.69) is 5.32 Å². The largest absolute Gasteiger partial charge is 0.494 e. The van der Waals surface area contributed by atoms with Gasteiger partial charge >= 0.3 is 0 Å². The number of hydrogen-bond donors (Lipinski definition) is 1. The van der Waals surface area contributed by atoms with Crippen LogP contribution in [0.1, 0.15) is 29.4 Å². The summed E-state index contributed by atoms with van der Waals surface area (Å²) in [6.07, 6.45) is 1.59. The van der Waals surface area contributed by atoms with Crippen molar-refractivity contribution in [1.29, 1.82) is 5.26 Å². The Bertz CT molecular complexity index is 1510. The van der Waals surface area contributed by atoms with Crippen molar-refractivity contribution in [2.24, 2.45) is 0 Å². The van der Waals surface area contributed by atoms with E-state index in [0.29, 0.717) is 29.4 Å². The lowest BCUT2D eigenvalue weighted by molar-refractivity contribution is -0.112. The van der Waals surface area contributed by atoms with E-state index in [1.54, 1.807) is 48.5 Å². The molecule has 4 rings (SSSR count). The summed E-state index contributed by atoms with van der Waals surface area (Å²) in [6, 6.07) is 25.0. The molecule has 0 atom stereocenters. The minimum Gasteiger partial charge on any atom is -0.494 e. The highest BCUT2D eigenvalue weighted by Gasteiger charge is 2.15. The van der Waals surface area contributed by atoms with Crippen LogP contribution in [-0.2, 0) is 11.4 Å². The van der Waals surface area contributed by atoms with E-state index in [1.165, 1.54) is 6.07 Å². The molecule has 0 unspecified atom stereocenters. The van der Waals surface area contributed by atoms with Crippen molar-refractivity contribution in [3.05, 3.63) is 113 Å². The average molecular weight is 510 g/mol. The summed E-state index contributed by atoms with van der Waals surface area (Å²) < 4.78 is 27.1. The summed E-state index contributed by atoms with van der Waals surface area (Å²) in [7, 11) is 0. The highest BCUT2D eigenvalue weighted by molar-refractivity contribution is 6.09. The summed E-state index contributed by atoms with van der Waals surface area (Å²) in [5, 5.41) is 12.5. The van der Waals surface area contributed by atoms with E-state index in [4.69, 9.17) is 9.47 Å². The summed E-state index contributed by atoms with van der Waals surface area (Å²) in [5.41, 5.74) is 4.50. The molecule has 38 heavy (non-hydrogen) atoms. The summed E-state index contributed by atoms with van der Waals surface area (Å²) in [4.78, 5) is 12.8. The Kier molecular flexibility index (Phi) is 8.24. The number of nitrogens with zero attached hydrogens (tertiary/aromatic N) is 2. The minimum atomic E-state index is -0.498. The molecule has 0 aliphatic rings.